The molecule has 1 unspecified atom stereocenters. The van der Waals surface area contributed by atoms with Gasteiger partial charge in [-0.2, -0.15) is 0 Å². The highest BCUT2D eigenvalue weighted by Crippen LogP contribution is 2.26. The van der Waals surface area contributed by atoms with Crippen LogP contribution in [0.2, 0.25) is 0 Å². The van der Waals surface area contributed by atoms with Gasteiger partial charge in [-0.3, -0.25) is 14.3 Å². The number of aryl methyl sites for hydroxylation is 1. The molecule has 0 N–H and O–H groups in total. The van der Waals surface area contributed by atoms with Crippen molar-refractivity contribution in [2.24, 2.45) is 13.0 Å². The van der Waals surface area contributed by atoms with Crippen LogP contribution in [0.15, 0.2) is 6.20 Å². The normalized spacial score (nSPS) is 22.5. The fourth-order valence-corrected chi connectivity index (χ4v) is 3.38. The van der Waals surface area contributed by atoms with Crippen molar-refractivity contribution in [3.05, 3.63) is 11.9 Å². The number of amides is 2. The molecule has 2 saturated heterocycles. The molecule has 1 atom stereocenters. The second kappa shape index (κ2) is 6.27. The first-order valence-electron chi connectivity index (χ1n) is 8.10. The van der Waals surface area contributed by atoms with Crippen molar-refractivity contribution in [1.82, 2.24) is 29.7 Å². The van der Waals surface area contributed by atoms with Crippen LogP contribution in [0.1, 0.15) is 19.0 Å². The molecule has 8 heteroatoms. The van der Waals surface area contributed by atoms with Crippen LogP contribution in [0, 0.1) is 5.92 Å². The fourth-order valence-electron chi connectivity index (χ4n) is 3.38. The summed E-state index contributed by atoms with van der Waals surface area (Å²) < 4.78 is 1.63. The Morgan fingerprint density at radius 2 is 2.09 bits per heavy atom. The second-order valence-corrected chi connectivity index (χ2v) is 6.56. The summed E-state index contributed by atoms with van der Waals surface area (Å²) >= 11 is 0. The van der Waals surface area contributed by atoms with Crippen LogP contribution in [0.3, 0.4) is 0 Å². The fraction of sp³-hybridized carbons (Fsp3) is 0.733. The van der Waals surface area contributed by atoms with Crippen LogP contribution in [-0.4, -0.2) is 80.8 Å². The van der Waals surface area contributed by atoms with Gasteiger partial charge in [0.15, 0.2) is 0 Å². The van der Waals surface area contributed by atoms with E-state index in [0.29, 0.717) is 26.1 Å². The lowest BCUT2D eigenvalue weighted by molar-refractivity contribution is -0.136. The highest BCUT2D eigenvalue weighted by Gasteiger charge is 2.42. The van der Waals surface area contributed by atoms with Gasteiger partial charge < -0.3 is 14.7 Å². The Hall–Kier alpha value is -1.96. The third kappa shape index (κ3) is 3.21. The van der Waals surface area contributed by atoms with E-state index in [9.17, 15) is 9.59 Å². The van der Waals surface area contributed by atoms with Crippen molar-refractivity contribution in [3.8, 4) is 0 Å². The molecule has 2 amide bonds. The van der Waals surface area contributed by atoms with Crippen LogP contribution < -0.4 is 0 Å². The zero-order valence-corrected chi connectivity index (χ0v) is 14.0. The van der Waals surface area contributed by atoms with Crippen LogP contribution in [0.4, 0.5) is 0 Å². The van der Waals surface area contributed by atoms with E-state index in [2.05, 4.69) is 15.2 Å². The summed E-state index contributed by atoms with van der Waals surface area (Å²) in [7, 11) is 3.84. The van der Waals surface area contributed by atoms with Crippen LogP contribution in [0.25, 0.3) is 0 Å². The van der Waals surface area contributed by atoms with Crippen molar-refractivity contribution in [2.75, 3.05) is 33.2 Å². The average Bonchev–Trinajstić information content (AvgIpc) is 3.07. The quantitative estimate of drug-likeness (QED) is 0.719. The van der Waals surface area contributed by atoms with Crippen LogP contribution in [0.5, 0.6) is 0 Å². The largest absolute Gasteiger partial charge is 0.337 e. The lowest BCUT2D eigenvalue weighted by atomic mass is 10.1. The number of nitrogens with zero attached hydrogens (tertiary/aromatic N) is 6. The lowest BCUT2D eigenvalue weighted by Crippen LogP contribution is -2.58. The SMILES string of the molecule is CCN(Cc1cn(C)nn1)C(=O)C1CC(=O)N(C2CN(C)C2)C1. The molecule has 0 aliphatic carbocycles. The van der Waals surface area contributed by atoms with Gasteiger partial charge in [-0.05, 0) is 14.0 Å². The highest BCUT2D eigenvalue weighted by atomic mass is 16.2. The molecule has 3 rings (SSSR count). The van der Waals surface area contributed by atoms with Crippen molar-refractivity contribution in [3.63, 3.8) is 0 Å². The van der Waals surface area contributed by atoms with E-state index in [1.807, 2.05) is 25.1 Å². The predicted molar refractivity (Wildman–Crippen MR) is 83.2 cm³/mol. The highest BCUT2D eigenvalue weighted by molar-refractivity contribution is 5.89. The van der Waals surface area contributed by atoms with Crippen LogP contribution in [-0.2, 0) is 23.2 Å². The number of carbonyl (C=O) groups is 2. The molecule has 23 heavy (non-hydrogen) atoms. The summed E-state index contributed by atoms with van der Waals surface area (Å²) in [6.07, 6.45) is 2.14. The third-order valence-electron chi connectivity index (χ3n) is 4.69. The maximum atomic E-state index is 12.8. The monoisotopic (exact) mass is 320 g/mol. The van der Waals surface area contributed by atoms with E-state index in [4.69, 9.17) is 0 Å². The molecule has 2 aliphatic heterocycles. The molecule has 126 valence electrons. The Morgan fingerprint density at radius 3 is 2.65 bits per heavy atom. The zero-order valence-electron chi connectivity index (χ0n) is 14.0. The zero-order chi connectivity index (χ0) is 16.6. The van der Waals surface area contributed by atoms with E-state index in [1.54, 1.807) is 16.6 Å². The summed E-state index contributed by atoms with van der Waals surface area (Å²) in [6.45, 7) is 5.36. The molecule has 0 aromatic carbocycles. The molecule has 0 spiro atoms. The second-order valence-electron chi connectivity index (χ2n) is 6.56. The molecule has 0 radical (unpaired) electrons. The molecular weight excluding hydrogens is 296 g/mol. The Morgan fingerprint density at radius 1 is 1.35 bits per heavy atom. The summed E-state index contributed by atoms with van der Waals surface area (Å²) in [6, 6.07) is 0.278. The maximum absolute atomic E-state index is 12.8. The Bertz CT molecular complexity index is 595. The van der Waals surface area contributed by atoms with Gasteiger partial charge in [-0.25, -0.2) is 0 Å². The van der Waals surface area contributed by atoms with E-state index in [0.717, 1.165) is 18.8 Å². The van der Waals surface area contributed by atoms with Gasteiger partial charge in [0.2, 0.25) is 11.8 Å². The molecule has 1 aromatic rings. The summed E-state index contributed by atoms with van der Waals surface area (Å²) in [5.74, 6) is -0.0799. The molecule has 0 bridgehead atoms. The Balaban J connectivity index is 1.61. The van der Waals surface area contributed by atoms with Gasteiger partial charge >= 0.3 is 0 Å². The minimum absolute atomic E-state index is 0.0432. The van der Waals surface area contributed by atoms with E-state index >= 15 is 0 Å². The first-order chi connectivity index (χ1) is 11.0. The van der Waals surface area contributed by atoms with Crippen molar-refractivity contribution < 1.29 is 9.59 Å². The summed E-state index contributed by atoms with van der Waals surface area (Å²) in [4.78, 5) is 30.8. The van der Waals surface area contributed by atoms with E-state index < -0.39 is 0 Å². The number of aromatic nitrogens is 3. The van der Waals surface area contributed by atoms with Gasteiger partial charge in [0.05, 0.1) is 18.5 Å². The number of rotatable bonds is 5. The number of hydrogen-bond donors (Lipinski definition) is 0. The molecule has 2 aliphatic rings. The smallest absolute Gasteiger partial charge is 0.228 e. The minimum Gasteiger partial charge on any atom is -0.337 e. The molecule has 1 aromatic heterocycles. The van der Waals surface area contributed by atoms with Gasteiger partial charge in [-0.15, -0.1) is 5.10 Å². The van der Waals surface area contributed by atoms with Gasteiger partial charge in [0.25, 0.3) is 0 Å². The molecule has 3 heterocycles. The number of likely N-dealkylation sites (tertiary alicyclic amines) is 2. The van der Waals surface area contributed by atoms with Gasteiger partial charge in [0, 0.05) is 45.8 Å². The molecule has 2 fully saturated rings. The van der Waals surface area contributed by atoms with Crippen molar-refractivity contribution >= 4 is 11.8 Å². The third-order valence-corrected chi connectivity index (χ3v) is 4.69. The summed E-state index contributed by atoms with van der Waals surface area (Å²) in [5.41, 5.74) is 0.768. The van der Waals surface area contributed by atoms with Crippen molar-refractivity contribution in [1.29, 1.82) is 0 Å². The number of hydrogen-bond acceptors (Lipinski definition) is 5. The van der Waals surface area contributed by atoms with Crippen LogP contribution >= 0.6 is 0 Å². The molecular formula is C15H24N6O2. The molecule has 8 nitrogen and oxygen atoms in total. The number of carbonyl (C=O) groups excluding carboxylic acids is 2. The standard InChI is InChI=1S/C15H24N6O2/c1-4-20(8-12-7-19(3)17-16-12)15(23)11-5-14(22)21(6-11)13-9-18(2)10-13/h7,11,13H,4-6,8-10H2,1-3H3. The first-order valence-corrected chi connectivity index (χ1v) is 8.10. The maximum Gasteiger partial charge on any atom is 0.228 e. The molecule has 0 saturated carbocycles. The predicted octanol–water partition coefficient (Wildman–Crippen LogP) is -0.674. The van der Waals surface area contributed by atoms with Gasteiger partial charge in [-0.1, -0.05) is 5.21 Å². The topological polar surface area (TPSA) is 74.6 Å². The number of likely N-dealkylation sites (N-methyl/N-ethyl adjacent to an activating group) is 1. The van der Waals surface area contributed by atoms with Gasteiger partial charge in [0.1, 0.15) is 5.69 Å². The Labute approximate surface area is 136 Å². The Kier molecular flexibility index (Phi) is 4.34. The minimum atomic E-state index is -0.231. The van der Waals surface area contributed by atoms with Crippen molar-refractivity contribution in [2.45, 2.75) is 25.9 Å². The summed E-state index contributed by atoms with van der Waals surface area (Å²) in [5, 5.41) is 7.93. The van der Waals surface area contributed by atoms with E-state index in [1.165, 1.54) is 0 Å². The average molecular weight is 320 g/mol. The first kappa shape index (κ1) is 15.9. The van der Waals surface area contributed by atoms with E-state index in [-0.39, 0.29) is 23.8 Å². The lowest BCUT2D eigenvalue weighted by Gasteiger charge is -2.42.